The SMILES string of the molecule is CC.CC(C)(F)Oc1cccc(NC(=O)NC2CCC(Oc3ccc(OC(F)(F)F)c(C(=O)NCCO)c3)C2)c1. The van der Waals surface area contributed by atoms with Gasteiger partial charge >= 0.3 is 12.4 Å². The number of amides is 3. The Hall–Kier alpha value is -3.74. The monoisotopic (exact) mass is 573 g/mol. The summed E-state index contributed by atoms with van der Waals surface area (Å²) in [6.07, 6.45) is -3.83. The number of alkyl halides is 4. The zero-order valence-electron chi connectivity index (χ0n) is 22.7. The molecular formula is C27H35F4N3O6. The predicted molar refractivity (Wildman–Crippen MR) is 140 cm³/mol. The molecule has 2 atom stereocenters. The van der Waals surface area contributed by atoms with Crippen LogP contribution in [-0.2, 0) is 0 Å². The number of rotatable bonds is 10. The van der Waals surface area contributed by atoms with Crippen molar-refractivity contribution in [1.29, 1.82) is 0 Å². The molecule has 1 fully saturated rings. The van der Waals surface area contributed by atoms with Crippen LogP contribution in [-0.4, -0.2) is 54.6 Å². The number of hydrogen-bond acceptors (Lipinski definition) is 6. The van der Waals surface area contributed by atoms with E-state index in [1.807, 2.05) is 13.8 Å². The minimum Gasteiger partial charge on any atom is -0.490 e. The number of benzene rings is 2. The van der Waals surface area contributed by atoms with Crippen molar-refractivity contribution in [2.45, 2.75) is 71.3 Å². The zero-order valence-corrected chi connectivity index (χ0v) is 22.7. The van der Waals surface area contributed by atoms with Crippen LogP contribution < -0.4 is 30.2 Å². The molecule has 2 unspecified atom stereocenters. The van der Waals surface area contributed by atoms with E-state index in [9.17, 15) is 27.2 Å². The molecule has 0 bridgehead atoms. The van der Waals surface area contributed by atoms with Crippen LogP contribution in [0.15, 0.2) is 42.5 Å². The van der Waals surface area contributed by atoms with Crippen molar-refractivity contribution in [2.24, 2.45) is 0 Å². The first-order valence-electron chi connectivity index (χ1n) is 12.8. The topological polar surface area (TPSA) is 118 Å². The molecule has 0 heterocycles. The molecule has 2 aromatic carbocycles. The number of aliphatic hydroxyl groups is 1. The van der Waals surface area contributed by atoms with Crippen LogP contribution in [0.1, 0.15) is 57.3 Å². The van der Waals surface area contributed by atoms with E-state index in [0.29, 0.717) is 24.9 Å². The van der Waals surface area contributed by atoms with Crippen molar-refractivity contribution in [3.63, 3.8) is 0 Å². The maximum Gasteiger partial charge on any atom is 0.573 e. The van der Waals surface area contributed by atoms with Gasteiger partial charge in [0.2, 0.25) is 5.85 Å². The van der Waals surface area contributed by atoms with E-state index in [0.717, 1.165) is 12.1 Å². The minimum atomic E-state index is -5.00. The van der Waals surface area contributed by atoms with E-state index in [1.54, 1.807) is 18.2 Å². The summed E-state index contributed by atoms with van der Waals surface area (Å²) in [5.41, 5.74) is 0.00546. The van der Waals surface area contributed by atoms with Gasteiger partial charge in [-0.15, -0.1) is 13.2 Å². The van der Waals surface area contributed by atoms with Crippen LogP contribution in [0.5, 0.6) is 17.2 Å². The number of halogens is 4. The zero-order chi connectivity index (χ0) is 29.9. The Morgan fingerprint density at radius 2 is 1.73 bits per heavy atom. The highest BCUT2D eigenvalue weighted by atomic mass is 19.4. The molecule has 1 aliphatic rings. The molecule has 0 aliphatic heterocycles. The van der Waals surface area contributed by atoms with Crippen LogP contribution in [0, 0.1) is 0 Å². The van der Waals surface area contributed by atoms with Gasteiger partial charge in [0.25, 0.3) is 5.91 Å². The Bertz CT molecular complexity index is 1120. The number of ether oxygens (including phenoxy) is 3. The van der Waals surface area contributed by atoms with E-state index in [4.69, 9.17) is 14.6 Å². The highest BCUT2D eigenvalue weighted by molar-refractivity contribution is 5.97. The lowest BCUT2D eigenvalue weighted by Crippen LogP contribution is -2.37. The third kappa shape index (κ3) is 11.2. The van der Waals surface area contributed by atoms with Crippen LogP contribution in [0.4, 0.5) is 28.0 Å². The van der Waals surface area contributed by atoms with Crippen molar-refractivity contribution in [1.82, 2.24) is 10.6 Å². The van der Waals surface area contributed by atoms with Gasteiger partial charge in [-0.3, -0.25) is 4.79 Å². The second-order valence-electron chi connectivity index (χ2n) is 9.03. The van der Waals surface area contributed by atoms with E-state index in [-0.39, 0.29) is 30.2 Å². The Morgan fingerprint density at radius 3 is 2.38 bits per heavy atom. The molecule has 0 spiro atoms. The van der Waals surface area contributed by atoms with E-state index < -0.39 is 42.1 Å². The molecular weight excluding hydrogens is 538 g/mol. The third-order valence-corrected chi connectivity index (χ3v) is 5.29. The van der Waals surface area contributed by atoms with E-state index >= 15 is 0 Å². The summed E-state index contributed by atoms with van der Waals surface area (Å²) < 4.78 is 66.9. The van der Waals surface area contributed by atoms with Crippen molar-refractivity contribution in [2.75, 3.05) is 18.5 Å². The molecule has 0 saturated heterocycles. The molecule has 3 amide bonds. The van der Waals surface area contributed by atoms with Gasteiger partial charge in [0.1, 0.15) is 23.4 Å². The predicted octanol–water partition coefficient (Wildman–Crippen LogP) is 5.54. The average Bonchev–Trinajstić information content (AvgIpc) is 3.29. The maximum absolute atomic E-state index is 13.7. The highest BCUT2D eigenvalue weighted by Crippen LogP contribution is 2.32. The Labute approximate surface area is 230 Å². The summed E-state index contributed by atoms with van der Waals surface area (Å²) in [6.45, 7) is 5.97. The molecule has 0 aromatic heterocycles. The fraction of sp³-hybridized carbons (Fsp3) is 0.481. The molecule has 40 heavy (non-hydrogen) atoms. The van der Waals surface area contributed by atoms with E-state index in [2.05, 4.69) is 20.7 Å². The third-order valence-electron chi connectivity index (χ3n) is 5.29. The first-order chi connectivity index (χ1) is 18.8. The van der Waals surface area contributed by atoms with Crippen LogP contribution in [0.2, 0.25) is 0 Å². The smallest absolute Gasteiger partial charge is 0.490 e. The van der Waals surface area contributed by atoms with Crippen molar-refractivity contribution in [3.05, 3.63) is 48.0 Å². The van der Waals surface area contributed by atoms with Crippen molar-refractivity contribution in [3.8, 4) is 17.2 Å². The van der Waals surface area contributed by atoms with Gasteiger partial charge in [0.05, 0.1) is 12.2 Å². The summed E-state index contributed by atoms with van der Waals surface area (Å²) in [4.78, 5) is 24.7. The molecule has 4 N–H and O–H groups in total. The quantitative estimate of drug-likeness (QED) is 0.277. The van der Waals surface area contributed by atoms with Gasteiger partial charge < -0.3 is 35.3 Å². The first-order valence-corrected chi connectivity index (χ1v) is 12.8. The van der Waals surface area contributed by atoms with Gasteiger partial charge in [0, 0.05) is 44.6 Å². The van der Waals surface area contributed by atoms with Gasteiger partial charge in [-0.2, -0.15) is 4.39 Å². The highest BCUT2D eigenvalue weighted by Gasteiger charge is 2.33. The van der Waals surface area contributed by atoms with Gasteiger partial charge in [-0.25, -0.2) is 4.79 Å². The molecule has 9 nitrogen and oxygen atoms in total. The van der Waals surface area contributed by atoms with E-state index in [1.165, 1.54) is 26.0 Å². The molecule has 13 heteroatoms. The molecule has 1 aliphatic carbocycles. The van der Waals surface area contributed by atoms with Gasteiger partial charge in [-0.05, 0) is 43.2 Å². The molecule has 0 radical (unpaired) electrons. The summed E-state index contributed by atoms with van der Waals surface area (Å²) in [5, 5.41) is 16.6. The average molecular weight is 574 g/mol. The minimum absolute atomic E-state index is 0.149. The maximum atomic E-state index is 13.7. The molecule has 2 aromatic rings. The first kappa shape index (κ1) is 32.5. The molecule has 3 rings (SSSR count). The van der Waals surface area contributed by atoms with Gasteiger partial charge in [-0.1, -0.05) is 19.9 Å². The summed E-state index contributed by atoms with van der Waals surface area (Å²) in [7, 11) is 0. The Balaban J connectivity index is 0.00000274. The number of nitrogens with one attached hydrogen (secondary N) is 3. The molecule has 222 valence electrons. The summed E-state index contributed by atoms with van der Waals surface area (Å²) >= 11 is 0. The van der Waals surface area contributed by atoms with Crippen molar-refractivity contribution < 1.29 is 46.5 Å². The summed E-state index contributed by atoms with van der Waals surface area (Å²) in [5.74, 6) is -3.05. The van der Waals surface area contributed by atoms with Crippen LogP contribution in [0.3, 0.4) is 0 Å². The standard InChI is InChI=1S/C25H29F4N3O6.C2H6/c1-24(2,26)37-19-5-3-4-15(13-19)31-23(35)32-16-6-7-17(12-16)36-18-8-9-21(38-25(27,28)29)20(14-18)22(34)30-10-11-33;1-2/h3-5,8-9,13-14,16-17,33H,6-7,10-12H2,1-2H3,(H,30,34)(H2,31,32,35);1-2H3. The fourth-order valence-electron chi connectivity index (χ4n) is 3.88. The van der Waals surface area contributed by atoms with Crippen LogP contribution >= 0.6 is 0 Å². The number of hydrogen-bond donors (Lipinski definition) is 4. The number of carbonyl (C=O) groups excluding carboxylic acids is 2. The lowest BCUT2D eigenvalue weighted by atomic mass is 10.1. The molecule has 1 saturated carbocycles. The second-order valence-corrected chi connectivity index (χ2v) is 9.03. The second kappa shape index (κ2) is 14.6. The Kier molecular flexibility index (Phi) is 11.8. The van der Waals surface area contributed by atoms with Crippen molar-refractivity contribution >= 4 is 17.6 Å². The van der Waals surface area contributed by atoms with Crippen LogP contribution in [0.25, 0.3) is 0 Å². The lowest BCUT2D eigenvalue weighted by molar-refractivity contribution is -0.274. The normalized spacial score (nSPS) is 16.7. The Morgan fingerprint density at radius 1 is 1.00 bits per heavy atom. The number of urea groups is 1. The number of anilines is 1. The number of aliphatic hydroxyl groups excluding tert-OH is 1. The van der Waals surface area contributed by atoms with Gasteiger partial charge in [0.15, 0.2) is 0 Å². The lowest BCUT2D eigenvalue weighted by Gasteiger charge is -2.19. The summed E-state index contributed by atoms with van der Waals surface area (Å²) in [6, 6.07) is 8.93. The number of carbonyl (C=O) groups is 2. The fourth-order valence-corrected chi connectivity index (χ4v) is 3.88. The largest absolute Gasteiger partial charge is 0.573 e.